The highest BCUT2D eigenvalue weighted by Crippen LogP contribution is 2.41. The molecule has 3 aromatic carbocycles. The van der Waals surface area contributed by atoms with Gasteiger partial charge >= 0.3 is 0 Å². The molecular formula is C26H24FN3O7S. The predicted octanol–water partition coefficient (Wildman–Crippen LogP) is 3.88. The molecule has 0 atom stereocenters. The number of nitrogens with one attached hydrogen (secondary N) is 2. The number of carbonyl (C=O) groups is 2. The van der Waals surface area contributed by atoms with E-state index in [2.05, 4.69) is 11.0 Å². The van der Waals surface area contributed by atoms with Crippen LogP contribution >= 0.6 is 0 Å². The molecule has 12 heteroatoms. The van der Waals surface area contributed by atoms with Crippen LogP contribution < -0.4 is 15.3 Å². The van der Waals surface area contributed by atoms with Gasteiger partial charge in [-0.15, -0.1) is 0 Å². The molecule has 0 aliphatic heterocycles. The van der Waals surface area contributed by atoms with Gasteiger partial charge in [0.1, 0.15) is 17.2 Å². The molecule has 198 valence electrons. The van der Waals surface area contributed by atoms with E-state index in [0.29, 0.717) is 22.1 Å². The maximum Gasteiger partial charge on any atom is 0.279 e. The number of rotatable bonds is 8. The van der Waals surface area contributed by atoms with Gasteiger partial charge in [0.25, 0.3) is 11.8 Å². The maximum atomic E-state index is 13.6. The highest BCUT2D eigenvalue weighted by molar-refractivity contribution is 7.92. The lowest BCUT2D eigenvalue weighted by atomic mass is 9.97. The zero-order valence-corrected chi connectivity index (χ0v) is 21.7. The van der Waals surface area contributed by atoms with Gasteiger partial charge in [-0.25, -0.2) is 23.8 Å². The van der Waals surface area contributed by atoms with Gasteiger partial charge in [0.15, 0.2) is 0 Å². The summed E-state index contributed by atoms with van der Waals surface area (Å²) >= 11 is 0. The van der Waals surface area contributed by atoms with Gasteiger partial charge in [0.05, 0.1) is 31.7 Å². The molecule has 0 aliphatic carbocycles. The summed E-state index contributed by atoms with van der Waals surface area (Å²) in [7, 11) is 0.236. The van der Waals surface area contributed by atoms with Gasteiger partial charge in [0, 0.05) is 35.2 Å². The van der Waals surface area contributed by atoms with Crippen molar-refractivity contribution in [2.45, 2.75) is 0 Å². The van der Waals surface area contributed by atoms with Gasteiger partial charge in [-0.05, 0) is 48.0 Å². The van der Waals surface area contributed by atoms with Crippen molar-refractivity contribution in [2.75, 3.05) is 31.8 Å². The van der Waals surface area contributed by atoms with Crippen molar-refractivity contribution >= 4 is 38.5 Å². The lowest BCUT2D eigenvalue weighted by Crippen LogP contribution is -2.25. The lowest BCUT2D eigenvalue weighted by molar-refractivity contribution is 0.0534. The Kier molecular flexibility index (Phi) is 7.49. The molecule has 0 radical (unpaired) electrons. The van der Waals surface area contributed by atoms with E-state index in [0.717, 1.165) is 10.6 Å². The summed E-state index contributed by atoms with van der Waals surface area (Å²) < 4.78 is 45.8. The molecule has 4 aromatic rings. The van der Waals surface area contributed by atoms with E-state index < -0.39 is 27.7 Å². The number of hydrogen-bond donors (Lipinski definition) is 2. The fourth-order valence-corrected chi connectivity index (χ4v) is 4.46. The van der Waals surface area contributed by atoms with Crippen LogP contribution in [0, 0.1) is 5.82 Å². The van der Waals surface area contributed by atoms with Crippen LogP contribution in [0.1, 0.15) is 20.7 Å². The zero-order valence-electron chi connectivity index (χ0n) is 20.9. The number of carbonyl (C=O) groups excluding carboxylic acids is 2. The van der Waals surface area contributed by atoms with Crippen LogP contribution in [0.15, 0.2) is 65.1 Å². The number of sulfonamides is 1. The Balaban J connectivity index is 2.05. The van der Waals surface area contributed by atoms with E-state index in [-0.39, 0.29) is 28.2 Å². The summed E-state index contributed by atoms with van der Waals surface area (Å²) in [4.78, 5) is 35.0. The van der Waals surface area contributed by atoms with Gasteiger partial charge in [-0.1, -0.05) is 12.1 Å². The van der Waals surface area contributed by atoms with E-state index in [1.54, 1.807) is 30.3 Å². The molecule has 1 aromatic heterocycles. The second-order valence-corrected chi connectivity index (χ2v) is 10.3. The average molecular weight is 542 g/mol. The lowest BCUT2D eigenvalue weighted by Gasteiger charge is -2.21. The van der Waals surface area contributed by atoms with Crippen LogP contribution in [0.25, 0.3) is 33.4 Å². The van der Waals surface area contributed by atoms with Crippen molar-refractivity contribution in [3.05, 3.63) is 77.6 Å². The first-order chi connectivity index (χ1) is 18.0. The summed E-state index contributed by atoms with van der Waals surface area (Å²) in [5.74, 6) is -1.47. The Morgan fingerprint density at radius 3 is 2.21 bits per heavy atom. The van der Waals surface area contributed by atoms with Crippen molar-refractivity contribution in [2.24, 2.45) is 0 Å². The maximum absolute atomic E-state index is 13.6. The molecule has 1 heterocycles. The number of halogens is 1. The minimum atomic E-state index is -3.72. The van der Waals surface area contributed by atoms with Crippen LogP contribution in [-0.2, 0) is 19.7 Å². The molecule has 0 bridgehead atoms. The van der Waals surface area contributed by atoms with Crippen LogP contribution in [0.5, 0.6) is 0 Å². The number of benzene rings is 3. The van der Waals surface area contributed by atoms with E-state index in [9.17, 15) is 22.4 Å². The van der Waals surface area contributed by atoms with Crippen molar-refractivity contribution in [1.82, 2.24) is 11.0 Å². The van der Waals surface area contributed by atoms with E-state index in [4.69, 9.17) is 14.1 Å². The van der Waals surface area contributed by atoms with Crippen LogP contribution in [0.3, 0.4) is 0 Å². The number of nitrogens with zero attached hydrogens (tertiary/aromatic N) is 1. The molecule has 0 saturated carbocycles. The first kappa shape index (κ1) is 26.8. The van der Waals surface area contributed by atoms with Gasteiger partial charge in [0.2, 0.25) is 10.0 Å². The molecule has 4 rings (SSSR count). The molecule has 0 spiro atoms. The third-order valence-electron chi connectivity index (χ3n) is 5.80. The van der Waals surface area contributed by atoms with Crippen molar-refractivity contribution < 1.29 is 36.5 Å². The Labute approximate surface area is 217 Å². The summed E-state index contributed by atoms with van der Waals surface area (Å²) in [5.41, 5.74) is 6.61. The minimum Gasteiger partial charge on any atom is -0.455 e. The number of furan rings is 1. The third-order valence-corrected chi connectivity index (χ3v) is 6.99. The van der Waals surface area contributed by atoms with Crippen LogP contribution in [0.4, 0.5) is 10.1 Å². The van der Waals surface area contributed by atoms with E-state index >= 15 is 0 Å². The molecule has 2 N–H and O–H groups in total. The molecular weight excluding hydrogens is 517 g/mol. The normalized spacial score (nSPS) is 11.4. The quantitative estimate of drug-likeness (QED) is 0.324. The first-order valence-electron chi connectivity index (χ1n) is 11.1. The first-order valence-corrected chi connectivity index (χ1v) is 13.0. The Morgan fingerprint density at radius 1 is 0.921 bits per heavy atom. The van der Waals surface area contributed by atoms with Crippen LogP contribution in [0.2, 0.25) is 0 Å². The van der Waals surface area contributed by atoms with E-state index in [1.165, 1.54) is 51.6 Å². The molecule has 10 nitrogen and oxygen atoms in total. The van der Waals surface area contributed by atoms with E-state index in [1.807, 2.05) is 0 Å². The van der Waals surface area contributed by atoms with Crippen molar-refractivity contribution in [3.63, 3.8) is 0 Å². The topological polar surface area (TPSA) is 127 Å². The smallest absolute Gasteiger partial charge is 0.279 e. The molecule has 0 fully saturated rings. The molecule has 2 amide bonds. The number of fused-ring (bicyclic) bond motifs is 1. The van der Waals surface area contributed by atoms with Crippen molar-refractivity contribution in [3.8, 4) is 22.5 Å². The standard InChI is InChI=1S/C26H24FN3O7S/c1-30(38(4,33)34)21-14-22-20(13-19(21)16-6-5-7-17(12-16)25(31)28-35-2)23(26(32)29-36-3)24(37-22)15-8-10-18(27)11-9-15/h5-14H,1-4H3,(H,28,31)(H,29,32). The Bertz CT molecular complexity index is 1630. The summed E-state index contributed by atoms with van der Waals surface area (Å²) in [5, 5.41) is 0.339. The molecule has 0 saturated heterocycles. The SMILES string of the molecule is CONC(=O)c1cccc(-c2cc3c(C(=O)NOC)c(-c4ccc(F)cc4)oc3cc2N(C)S(C)(=O)=O)c1. The predicted molar refractivity (Wildman–Crippen MR) is 139 cm³/mol. The second-order valence-electron chi connectivity index (χ2n) is 8.26. The third kappa shape index (κ3) is 5.23. The fraction of sp³-hybridized carbons (Fsp3) is 0.154. The molecule has 0 aliphatic rings. The summed E-state index contributed by atoms with van der Waals surface area (Å²) in [6.45, 7) is 0. The van der Waals surface area contributed by atoms with Gasteiger partial charge in [-0.2, -0.15) is 0 Å². The fourth-order valence-electron chi connectivity index (χ4n) is 3.96. The number of hydroxylamine groups is 2. The Hall–Kier alpha value is -4.26. The monoisotopic (exact) mass is 541 g/mol. The number of anilines is 1. The largest absolute Gasteiger partial charge is 0.455 e. The highest BCUT2D eigenvalue weighted by atomic mass is 32.2. The van der Waals surface area contributed by atoms with Gasteiger partial charge < -0.3 is 4.42 Å². The van der Waals surface area contributed by atoms with Gasteiger partial charge in [-0.3, -0.25) is 23.6 Å². The molecule has 38 heavy (non-hydrogen) atoms. The Morgan fingerprint density at radius 2 is 1.58 bits per heavy atom. The summed E-state index contributed by atoms with van der Waals surface area (Å²) in [6, 6.07) is 14.9. The van der Waals surface area contributed by atoms with Crippen LogP contribution in [-0.4, -0.2) is 47.8 Å². The van der Waals surface area contributed by atoms with Crippen molar-refractivity contribution in [1.29, 1.82) is 0 Å². The number of amides is 2. The zero-order chi connectivity index (χ0) is 27.6. The average Bonchev–Trinajstić information content (AvgIpc) is 3.26. The number of hydrogen-bond acceptors (Lipinski definition) is 7. The molecule has 0 unspecified atom stereocenters. The highest BCUT2D eigenvalue weighted by Gasteiger charge is 2.26. The minimum absolute atomic E-state index is 0.0940. The summed E-state index contributed by atoms with van der Waals surface area (Å²) in [6.07, 6.45) is 1.05. The second kappa shape index (κ2) is 10.6.